The Morgan fingerprint density at radius 2 is 2.48 bits per heavy atom. The SMILES string of the molecule is Cc1nnc(NC(=O)CN2CCC[C@H](c3ccn[nH]3)C2)s1. The lowest BCUT2D eigenvalue weighted by atomic mass is 9.95. The number of nitrogens with one attached hydrogen (secondary N) is 2. The molecule has 3 heterocycles. The fourth-order valence-corrected chi connectivity index (χ4v) is 3.26. The minimum atomic E-state index is -0.0311. The number of aryl methyl sites for hydroxylation is 1. The maximum atomic E-state index is 12.0. The van der Waals surface area contributed by atoms with Gasteiger partial charge in [-0.05, 0) is 32.4 Å². The zero-order chi connectivity index (χ0) is 14.7. The van der Waals surface area contributed by atoms with E-state index in [1.54, 1.807) is 6.20 Å². The molecule has 2 aromatic rings. The lowest BCUT2D eigenvalue weighted by molar-refractivity contribution is -0.117. The van der Waals surface area contributed by atoms with Crippen LogP contribution < -0.4 is 5.32 Å². The molecule has 0 unspecified atom stereocenters. The quantitative estimate of drug-likeness (QED) is 0.891. The van der Waals surface area contributed by atoms with E-state index in [0.29, 0.717) is 17.6 Å². The number of carbonyl (C=O) groups excluding carboxylic acids is 1. The molecule has 0 bridgehead atoms. The minimum Gasteiger partial charge on any atom is -0.299 e. The molecule has 1 aliphatic heterocycles. The molecule has 2 N–H and O–H groups in total. The van der Waals surface area contributed by atoms with E-state index in [-0.39, 0.29) is 5.91 Å². The predicted molar refractivity (Wildman–Crippen MR) is 80.3 cm³/mol. The molecule has 0 spiro atoms. The Balaban J connectivity index is 1.53. The topological polar surface area (TPSA) is 86.8 Å². The summed E-state index contributed by atoms with van der Waals surface area (Å²) in [6.45, 7) is 4.09. The van der Waals surface area contributed by atoms with Crippen molar-refractivity contribution in [3.8, 4) is 0 Å². The summed E-state index contributed by atoms with van der Waals surface area (Å²) in [5.41, 5.74) is 1.15. The van der Waals surface area contributed by atoms with Gasteiger partial charge in [0.2, 0.25) is 11.0 Å². The van der Waals surface area contributed by atoms with Gasteiger partial charge in [0.05, 0.1) is 6.54 Å². The van der Waals surface area contributed by atoms with E-state index in [1.165, 1.54) is 11.3 Å². The molecule has 0 aliphatic carbocycles. The van der Waals surface area contributed by atoms with Crippen LogP contribution in [0.5, 0.6) is 0 Å². The molecule has 1 saturated heterocycles. The highest BCUT2D eigenvalue weighted by atomic mass is 32.1. The van der Waals surface area contributed by atoms with Crippen LogP contribution in [0.15, 0.2) is 12.3 Å². The molecule has 0 radical (unpaired) electrons. The summed E-state index contributed by atoms with van der Waals surface area (Å²) in [5.74, 6) is 0.397. The standard InChI is InChI=1S/C13H18N6OS/c1-9-16-18-13(21-9)15-12(20)8-19-6-2-3-10(7-19)11-4-5-14-17-11/h4-5,10H,2-3,6-8H2,1H3,(H,14,17)(H,15,18,20)/t10-/m0/s1. The van der Waals surface area contributed by atoms with E-state index in [0.717, 1.165) is 36.6 Å². The normalized spacial score (nSPS) is 19.6. The molecule has 3 rings (SSSR count). The van der Waals surface area contributed by atoms with Crippen LogP contribution in [0.2, 0.25) is 0 Å². The van der Waals surface area contributed by atoms with Gasteiger partial charge in [0.15, 0.2) is 0 Å². The second-order valence-corrected chi connectivity index (χ2v) is 6.44. The van der Waals surface area contributed by atoms with Crippen LogP contribution in [0, 0.1) is 6.92 Å². The fraction of sp³-hybridized carbons (Fsp3) is 0.538. The molecule has 0 saturated carbocycles. The summed E-state index contributed by atoms with van der Waals surface area (Å²) in [5, 5.41) is 19.1. The summed E-state index contributed by atoms with van der Waals surface area (Å²) < 4.78 is 0. The molecule has 1 aliphatic rings. The van der Waals surface area contributed by atoms with E-state index in [4.69, 9.17) is 0 Å². The molecule has 1 atom stereocenters. The highest BCUT2D eigenvalue weighted by Crippen LogP contribution is 2.25. The molecular weight excluding hydrogens is 288 g/mol. The lowest BCUT2D eigenvalue weighted by Gasteiger charge is -2.31. The summed E-state index contributed by atoms with van der Waals surface area (Å²) in [7, 11) is 0. The fourth-order valence-electron chi connectivity index (χ4n) is 2.66. The maximum absolute atomic E-state index is 12.0. The Bertz CT molecular complexity index is 596. The highest BCUT2D eigenvalue weighted by Gasteiger charge is 2.23. The first-order chi connectivity index (χ1) is 10.2. The van der Waals surface area contributed by atoms with E-state index >= 15 is 0 Å². The van der Waals surface area contributed by atoms with Crippen molar-refractivity contribution < 1.29 is 4.79 Å². The Hall–Kier alpha value is -1.80. The monoisotopic (exact) mass is 306 g/mol. The van der Waals surface area contributed by atoms with Gasteiger partial charge in [-0.2, -0.15) is 5.10 Å². The maximum Gasteiger partial charge on any atom is 0.240 e. The number of aromatic nitrogens is 4. The van der Waals surface area contributed by atoms with Crippen molar-refractivity contribution in [2.75, 3.05) is 25.0 Å². The van der Waals surface area contributed by atoms with Gasteiger partial charge in [0, 0.05) is 24.4 Å². The first-order valence-electron chi connectivity index (χ1n) is 7.02. The van der Waals surface area contributed by atoms with E-state index in [1.807, 2.05) is 13.0 Å². The van der Waals surface area contributed by atoms with E-state index < -0.39 is 0 Å². The van der Waals surface area contributed by atoms with Crippen LogP contribution >= 0.6 is 11.3 Å². The smallest absolute Gasteiger partial charge is 0.240 e. The number of H-pyrrole nitrogens is 1. The molecule has 1 amide bonds. The third-order valence-electron chi connectivity index (χ3n) is 3.61. The van der Waals surface area contributed by atoms with Gasteiger partial charge >= 0.3 is 0 Å². The van der Waals surface area contributed by atoms with Gasteiger partial charge < -0.3 is 0 Å². The first kappa shape index (κ1) is 14.2. The Kier molecular flexibility index (Phi) is 4.26. The number of hydrogen-bond donors (Lipinski definition) is 2. The van der Waals surface area contributed by atoms with Crippen molar-refractivity contribution in [3.05, 3.63) is 23.0 Å². The second kappa shape index (κ2) is 6.31. The summed E-state index contributed by atoms with van der Waals surface area (Å²) in [4.78, 5) is 14.2. The molecule has 8 heteroatoms. The van der Waals surface area contributed by atoms with Gasteiger partial charge in [0.1, 0.15) is 5.01 Å². The van der Waals surface area contributed by atoms with Crippen LogP contribution in [0.1, 0.15) is 29.5 Å². The van der Waals surface area contributed by atoms with E-state index in [9.17, 15) is 4.79 Å². The number of carbonyl (C=O) groups is 1. The van der Waals surface area contributed by atoms with Crippen LogP contribution in [-0.4, -0.2) is 50.8 Å². The molecule has 112 valence electrons. The Labute approximate surface area is 126 Å². The second-order valence-electron chi connectivity index (χ2n) is 5.26. The van der Waals surface area contributed by atoms with Gasteiger partial charge in [-0.1, -0.05) is 11.3 Å². The number of rotatable bonds is 4. The largest absolute Gasteiger partial charge is 0.299 e. The molecule has 2 aromatic heterocycles. The van der Waals surface area contributed by atoms with Crippen molar-refractivity contribution in [2.24, 2.45) is 0 Å². The zero-order valence-electron chi connectivity index (χ0n) is 11.9. The highest BCUT2D eigenvalue weighted by molar-refractivity contribution is 7.15. The number of hydrogen-bond acceptors (Lipinski definition) is 6. The third kappa shape index (κ3) is 3.64. The van der Waals surface area contributed by atoms with Crippen molar-refractivity contribution in [2.45, 2.75) is 25.7 Å². The Morgan fingerprint density at radius 3 is 3.19 bits per heavy atom. The average molecular weight is 306 g/mol. The van der Waals surface area contributed by atoms with Crippen LogP contribution in [0.25, 0.3) is 0 Å². The summed E-state index contributed by atoms with van der Waals surface area (Å²) in [6, 6.07) is 2.01. The predicted octanol–water partition coefficient (Wildman–Crippen LogP) is 1.39. The first-order valence-corrected chi connectivity index (χ1v) is 7.84. The number of amides is 1. The van der Waals surface area contributed by atoms with Crippen molar-refractivity contribution in [1.29, 1.82) is 0 Å². The summed E-state index contributed by atoms with van der Waals surface area (Å²) >= 11 is 1.39. The lowest BCUT2D eigenvalue weighted by Crippen LogP contribution is -2.39. The third-order valence-corrected chi connectivity index (χ3v) is 4.36. The van der Waals surface area contributed by atoms with Gasteiger partial charge in [0.25, 0.3) is 0 Å². The number of likely N-dealkylation sites (tertiary alicyclic amines) is 1. The van der Waals surface area contributed by atoms with E-state index in [2.05, 4.69) is 30.6 Å². The van der Waals surface area contributed by atoms with Gasteiger partial charge in [-0.3, -0.25) is 20.1 Å². The van der Waals surface area contributed by atoms with Crippen molar-refractivity contribution in [1.82, 2.24) is 25.3 Å². The van der Waals surface area contributed by atoms with Crippen LogP contribution in [0.3, 0.4) is 0 Å². The number of anilines is 1. The molecule has 0 aromatic carbocycles. The number of aromatic amines is 1. The summed E-state index contributed by atoms with van der Waals surface area (Å²) in [6.07, 6.45) is 4.00. The van der Waals surface area contributed by atoms with Gasteiger partial charge in [-0.15, -0.1) is 10.2 Å². The molecule has 1 fully saturated rings. The molecule has 21 heavy (non-hydrogen) atoms. The van der Waals surface area contributed by atoms with Crippen LogP contribution in [-0.2, 0) is 4.79 Å². The Morgan fingerprint density at radius 1 is 1.57 bits per heavy atom. The van der Waals surface area contributed by atoms with Crippen molar-refractivity contribution >= 4 is 22.4 Å². The molecule has 7 nitrogen and oxygen atoms in total. The minimum absolute atomic E-state index is 0.0311. The average Bonchev–Trinajstić information content (AvgIpc) is 3.11. The number of nitrogens with zero attached hydrogens (tertiary/aromatic N) is 4. The van der Waals surface area contributed by atoms with Crippen molar-refractivity contribution in [3.63, 3.8) is 0 Å². The zero-order valence-corrected chi connectivity index (χ0v) is 12.7. The van der Waals surface area contributed by atoms with Gasteiger partial charge in [-0.25, -0.2) is 0 Å². The molecular formula is C13H18N6OS. The number of piperidine rings is 1. The van der Waals surface area contributed by atoms with Crippen LogP contribution in [0.4, 0.5) is 5.13 Å².